The number of carbonyl (C=O) groups excluding carboxylic acids is 1. The highest BCUT2D eigenvalue weighted by Crippen LogP contribution is 2.55. The molecule has 0 bridgehead atoms. The largest absolute Gasteiger partial charge is 0.416 e. The first-order chi connectivity index (χ1) is 17.3. The summed E-state index contributed by atoms with van der Waals surface area (Å²) in [6.45, 7) is 0. The monoisotopic (exact) mass is 511 g/mol. The highest BCUT2D eigenvalue weighted by atomic mass is 32.1. The number of aromatic nitrogens is 1. The summed E-state index contributed by atoms with van der Waals surface area (Å²) in [4.78, 5) is 19.2. The minimum atomic E-state index is -4.46. The van der Waals surface area contributed by atoms with Crippen LogP contribution in [-0.2, 0) is 12.6 Å². The smallest absolute Gasteiger partial charge is 0.388 e. The number of hydrogen-bond acceptors (Lipinski definition) is 4. The summed E-state index contributed by atoms with van der Waals surface area (Å²) in [5.74, 6) is -0.184. The Bertz CT molecular complexity index is 1290. The molecule has 1 spiro atoms. The van der Waals surface area contributed by atoms with Crippen molar-refractivity contribution >= 4 is 17.1 Å². The number of benzene rings is 1. The Labute approximate surface area is 212 Å². The summed E-state index contributed by atoms with van der Waals surface area (Å²) < 4.78 is 39.5. The highest BCUT2D eigenvalue weighted by molar-refractivity contribution is 7.08. The number of fused-ring (bicyclic) bond motifs is 1. The van der Waals surface area contributed by atoms with Gasteiger partial charge >= 0.3 is 6.18 Å². The average molecular weight is 512 g/mol. The number of thiophene rings is 1. The number of carbonyl (C=O) groups is 1. The number of aliphatic hydroxyl groups excluding tert-OH is 1. The number of pyridine rings is 1. The Morgan fingerprint density at radius 1 is 1.06 bits per heavy atom. The van der Waals surface area contributed by atoms with Gasteiger partial charge in [-0.2, -0.15) is 24.5 Å². The van der Waals surface area contributed by atoms with Gasteiger partial charge in [0.1, 0.15) is 0 Å². The Morgan fingerprint density at radius 3 is 2.36 bits per heavy atom. The van der Waals surface area contributed by atoms with Crippen molar-refractivity contribution in [3.05, 3.63) is 74.7 Å². The molecule has 0 unspecified atom stereocenters. The van der Waals surface area contributed by atoms with Gasteiger partial charge in [-0.1, -0.05) is 31.4 Å². The Morgan fingerprint density at radius 2 is 1.78 bits per heavy atom. The summed E-state index contributed by atoms with van der Waals surface area (Å²) in [7, 11) is 0. The van der Waals surface area contributed by atoms with Gasteiger partial charge in [0.2, 0.25) is 0 Å². The van der Waals surface area contributed by atoms with Gasteiger partial charge in [-0.25, -0.2) is 0 Å². The lowest BCUT2D eigenvalue weighted by Crippen LogP contribution is -2.38. The predicted molar refractivity (Wildman–Crippen MR) is 133 cm³/mol. The molecule has 36 heavy (non-hydrogen) atoms. The van der Waals surface area contributed by atoms with Gasteiger partial charge in [-0.3, -0.25) is 9.78 Å². The molecule has 3 aliphatic rings. The lowest BCUT2D eigenvalue weighted by Gasteiger charge is -2.47. The quantitative estimate of drug-likeness (QED) is 0.363. The van der Waals surface area contributed by atoms with Crippen molar-refractivity contribution in [2.75, 3.05) is 0 Å². The van der Waals surface area contributed by atoms with E-state index in [9.17, 15) is 23.1 Å². The molecule has 3 aromatic rings. The van der Waals surface area contributed by atoms with Gasteiger partial charge < -0.3 is 5.11 Å². The van der Waals surface area contributed by atoms with Gasteiger partial charge in [0.05, 0.1) is 22.9 Å². The standard InChI is InChI=1S/C29H28F3NO2S/c30-29(31,32)20-8-6-18(7-9-20)27(35)25-23(19-10-13-36-16-19)24-21(33-26(25)17-4-1-2-5-17)14-28(11-3-12-28)15-22(24)34/h6-10,13,16-17,22,34H,1-5,11-12,14-15H2/t22-/m0/s1. The van der Waals surface area contributed by atoms with Crippen molar-refractivity contribution in [1.29, 1.82) is 0 Å². The molecule has 6 rings (SSSR count). The molecule has 1 N–H and O–H groups in total. The number of nitrogens with zero attached hydrogens (tertiary/aromatic N) is 1. The van der Waals surface area contributed by atoms with Gasteiger partial charge in [0.15, 0.2) is 5.78 Å². The maximum Gasteiger partial charge on any atom is 0.416 e. The van der Waals surface area contributed by atoms with Crippen LogP contribution in [0.2, 0.25) is 0 Å². The third-order valence-electron chi connectivity index (χ3n) is 8.51. The molecular formula is C29H28F3NO2S. The Hall–Kier alpha value is -2.51. The van der Waals surface area contributed by atoms with Crippen molar-refractivity contribution in [1.82, 2.24) is 4.98 Å². The minimum Gasteiger partial charge on any atom is -0.388 e. The zero-order chi connectivity index (χ0) is 25.1. The van der Waals surface area contributed by atoms with Gasteiger partial charge in [-0.15, -0.1) is 0 Å². The van der Waals surface area contributed by atoms with E-state index >= 15 is 0 Å². The first-order valence-electron chi connectivity index (χ1n) is 12.7. The van der Waals surface area contributed by atoms with Crippen LogP contribution >= 0.6 is 11.3 Å². The third-order valence-corrected chi connectivity index (χ3v) is 9.19. The average Bonchev–Trinajstić information content (AvgIpc) is 3.55. The van der Waals surface area contributed by atoms with E-state index in [0.717, 1.165) is 85.2 Å². The van der Waals surface area contributed by atoms with E-state index in [2.05, 4.69) is 0 Å². The molecule has 0 radical (unpaired) electrons. The molecule has 3 nitrogen and oxygen atoms in total. The van der Waals surface area contributed by atoms with E-state index < -0.39 is 17.8 Å². The molecule has 1 aromatic carbocycles. The topological polar surface area (TPSA) is 50.2 Å². The van der Waals surface area contributed by atoms with Crippen molar-refractivity contribution in [2.24, 2.45) is 5.41 Å². The van der Waals surface area contributed by atoms with E-state index in [-0.39, 0.29) is 22.7 Å². The van der Waals surface area contributed by atoms with Crippen LogP contribution in [0.3, 0.4) is 0 Å². The number of halogens is 3. The number of ketones is 1. The van der Waals surface area contributed by atoms with Crippen LogP contribution in [0.4, 0.5) is 13.2 Å². The summed E-state index contributed by atoms with van der Waals surface area (Å²) in [6, 6.07) is 6.42. The lowest BCUT2D eigenvalue weighted by molar-refractivity contribution is -0.137. The van der Waals surface area contributed by atoms with E-state index in [0.29, 0.717) is 12.0 Å². The zero-order valence-electron chi connectivity index (χ0n) is 19.9. The van der Waals surface area contributed by atoms with Crippen molar-refractivity contribution in [2.45, 2.75) is 76.0 Å². The summed E-state index contributed by atoms with van der Waals surface area (Å²) >= 11 is 1.52. The van der Waals surface area contributed by atoms with E-state index in [1.165, 1.54) is 29.9 Å². The molecule has 2 saturated carbocycles. The molecular weight excluding hydrogens is 483 g/mol. The zero-order valence-corrected chi connectivity index (χ0v) is 20.7. The van der Waals surface area contributed by atoms with Gasteiger partial charge in [0.25, 0.3) is 0 Å². The van der Waals surface area contributed by atoms with Crippen LogP contribution < -0.4 is 0 Å². The highest BCUT2D eigenvalue weighted by Gasteiger charge is 2.46. The van der Waals surface area contributed by atoms with Crippen molar-refractivity contribution in [3.63, 3.8) is 0 Å². The maximum absolute atomic E-state index is 14.1. The molecule has 2 aromatic heterocycles. The minimum absolute atomic E-state index is 0.0945. The molecule has 0 saturated heterocycles. The molecule has 3 aliphatic carbocycles. The number of rotatable bonds is 4. The number of aliphatic hydroxyl groups is 1. The van der Waals surface area contributed by atoms with E-state index in [4.69, 9.17) is 4.98 Å². The van der Waals surface area contributed by atoms with Gasteiger partial charge in [-0.05, 0) is 78.5 Å². The molecule has 1 atom stereocenters. The van der Waals surface area contributed by atoms with Crippen LogP contribution in [0.15, 0.2) is 41.1 Å². The summed E-state index contributed by atoms with van der Waals surface area (Å²) in [5, 5.41) is 15.4. The molecule has 2 fully saturated rings. The normalized spacial score (nSPS) is 21.4. The van der Waals surface area contributed by atoms with Crippen LogP contribution in [0.1, 0.15) is 102 Å². The fraction of sp³-hybridized carbons (Fsp3) is 0.448. The second kappa shape index (κ2) is 8.80. The molecule has 7 heteroatoms. The fourth-order valence-electron chi connectivity index (χ4n) is 6.55. The molecule has 188 valence electrons. The van der Waals surface area contributed by atoms with E-state index in [1.54, 1.807) is 0 Å². The van der Waals surface area contributed by atoms with Crippen LogP contribution in [0.5, 0.6) is 0 Å². The molecule has 2 heterocycles. The SMILES string of the molecule is O=C(c1ccc(C(F)(F)F)cc1)c1c(C2CCCC2)nc2c(c1-c1ccsc1)[C@@H](O)CC1(CCC1)C2. The predicted octanol–water partition coefficient (Wildman–Crippen LogP) is 7.87. The Kier molecular flexibility index (Phi) is 5.84. The fourth-order valence-corrected chi connectivity index (χ4v) is 7.19. The van der Waals surface area contributed by atoms with Crippen LogP contribution in [-0.4, -0.2) is 15.9 Å². The van der Waals surface area contributed by atoms with Crippen LogP contribution in [0.25, 0.3) is 11.1 Å². The second-order valence-corrected chi connectivity index (χ2v) is 11.5. The van der Waals surface area contributed by atoms with Crippen molar-refractivity contribution < 1.29 is 23.1 Å². The van der Waals surface area contributed by atoms with E-state index in [1.807, 2.05) is 16.8 Å². The number of alkyl halides is 3. The molecule has 0 aliphatic heterocycles. The third kappa shape index (κ3) is 4.01. The van der Waals surface area contributed by atoms with Crippen molar-refractivity contribution in [3.8, 4) is 11.1 Å². The van der Waals surface area contributed by atoms with Gasteiger partial charge in [0, 0.05) is 28.3 Å². The van der Waals surface area contributed by atoms with Crippen LogP contribution in [0, 0.1) is 5.41 Å². The maximum atomic E-state index is 14.1. The Balaban J connectivity index is 1.56. The lowest BCUT2D eigenvalue weighted by atomic mass is 9.59. The summed E-state index contributed by atoms with van der Waals surface area (Å²) in [6.07, 6.45) is 3.65. The number of hydrogen-bond donors (Lipinski definition) is 1. The second-order valence-electron chi connectivity index (χ2n) is 10.8. The molecule has 0 amide bonds. The first-order valence-corrected chi connectivity index (χ1v) is 13.7. The first kappa shape index (κ1) is 23.9. The summed E-state index contributed by atoms with van der Waals surface area (Å²) in [5.41, 5.74) is 3.99.